The van der Waals surface area contributed by atoms with Crippen molar-refractivity contribution in [2.45, 2.75) is 27.2 Å². The summed E-state index contributed by atoms with van der Waals surface area (Å²) in [7, 11) is 0. The van der Waals surface area contributed by atoms with Gasteiger partial charge in [-0.1, -0.05) is 29.8 Å². The predicted molar refractivity (Wildman–Crippen MR) is 112 cm³/mol. The fourth-order valence-electron chi connectivity index (χ4n) is 2.69. The Hall–Kier alpha value is -3.27. The molecule has 0 heterocycles. The summed E-state index contributed by atoms with van der Waals surface area (Å²) >= 11 is 0. The minimum absolute atomic E-state index is 0.0856. The summed E-state index contributed by atoms with van der Waals surface area (Å²) < 4.78 is 11.5. The lowest BCUT2D eigenvalue weighted by Crippen LogP contribution is -2.15. The van der Waals surface area contributed by atoms with E-state index in [9.17, 15) is 4.79 Å². The molecule has 1 amide bonds. The van der Waals surface area contributed by atoms with Gasteiger partial charge in [0, 0.05) is 5.69 Å². The smallest absolute Gasteiger partial charge is 0.227 e. The highest BCUT2D eigenvalue weighted by Crippen LogP contribution is 2.23. The van der Waals surface area contributed by atoms with Gasteiger partial charge >= 0.3 is 0 Å². The monoisotopic (exact) mass is 375 g/mol. The van der Waals surface area contributed by atoms with Crippen LogP contribution in [0.1, 0.15) is 23.1 Å². The normalized spacial score (nSPS) is 10.4. The number of ether oxygens (including phenoxy) is 2. The molecule has 0 fully saturated rings. The van der Waals surface area contributed by atoms with Gasteiger partial charge in [0.15, 0.2) is 0 Å². The van der Waals surface area contributed by atoms with Gasteiger partial charge in [-0.25, -0.2) is 0 Å². The molecule has 0 radical (unpaired) electrons. The second-order valence-electron chi connectivity index (χ2n) is 6.86. The Labute approximate surface area is 166 Å². The number of amides is 1. The molecule has 144 valence electrons. The van der Waals surface area contributed by atoms with Crippen LogP contribution in [-0.4, -0.2) is 12.5 Å². The molecule has 0 unspecified atom stereocenters. The molecular formula is C24H25NO3. The van der Waals surface area contributed by atoms with E-state index in [1.54, 1.807) is 0 Å². The Kier molecular flexibility index (Phi) is 6.33. The average molecular weight is 375 g/mol. The van der Waals surface area contributed by atoms with Crippen LogP contribution in [0.25, 0.3) is 0 Å². The molecule has 3 aromatic carbocycles. The summed E-state index contributed by atoms with van der Waals surface area (Å²) in [6, 6.07) is 21.2. The first-order valence-corrected chi connectivity index (χ1v) is 9.34. The van der Waals surface area contributed by atoms with E-state index in [4.69, 9.17) is 9.47 Å². The number of anilines is 1. The standard InChI is InChI=1S/C24H25NO3/c1-17-5-10-21(11-6-17)28-22-12-8-20(9-13-22)25-24(26)14-15-27-23-16-18(2)4-7-19(23)3/h4-13,16H,14-15H2,1-3H3,(H,25,26). The lowest BCUT2D eigenvalue weighted by atomic mass is 10.1. The van der Waals surface area contributed by atoms with Gasteiger partial charge in [0.2, 0.25) is 5.91 Å². The van der Waals surface area contributed by atoms with Gasteiger partial charge in [0.1, 0.15) is 17.2 Å². The molecule has 4 nitrogen and oxygen atoms in total. The van der Waals surface area contributed by atoms with Crippen LogP contribution in [0.4, 0.5) is 5.69 Å². The topological polar surface area (TPSA) is 47.6 Å². The van der Waals surface area contributed by atoms with E-state index in [2.05, 4.69) is 5.32 Å². The molecule has 1 N–H and O–H groups in total. The van der Waals surface area contributed by atoms with E-state index in [-0.39, 0.29) is 12.3 Å². The van der Waals surface area contributed by atoms with E-state index in [1.807, 2.05) is 87.5 Å². The van der Waals surface area contributed by atoms with Gasteiger partial charge < -0.3 is 14.8 Å². The fraction of sp³-hybridized carbons (Fsp3) is 0.208. The van der Waals surface area contributed by atoms with Crippen molar-refractivity contribution in [3.05, 3.63) is 83.4 Å². The second-order valence-corrected chi connectivity index (χ2v) is 6.86. The van der Waals surface area contributed by atoms with Crippen molar-refractivity contribution in [3.8, 4) is 17.2 Å². The SMILES string of the molecule is Cc1ccc(Oc2ccc(NC(=O)CCOc3cc(C)ccc3C)cc2)cc1. The summed E-state index contributed by atoms with van der Waals surface area (Å²) in [5.74, 6) is 2.24. The van der Waals surface area contributed by atoms with E-state index in [0.717, 1.165) is 34.1 Å². The van der Waals surface area contributed by atoms with Gasteiger partial charge in [0.05, 0.1) is 13.0 Å². The number of aryl methyl sites for hydroxylation is 3. The summed E-state index contributed by atoms with van der Waals surface area (Å²) in [6.45, 7) is 6.39. The van der Waals surface area contributed by atoms with E-state index >= 15 is 0 Å². The van der Waals surface area contributed by atoms with Gasteiger partial charge in [0.25, 0.3) is 0 Å². The number of carbonyl (C=O) groups excluding carboxylic acids is 1. The number of rotatable bonds is 7. The Morgan fingerprint density at radius 3 is 2.11 bits per heavy atom. The number of hydrogen-bond acceptors (Lipinski definition) is 3. The molecule has 0 bridgehead atoms. The van der Waals surface area contributed by atoms with Crippen molar-refractivity contribution in [3.63, 3.8) is 0 Å². The van der Waals surface area contributed by atoms with E-state index in [0.29, 0.717) is 6.61 Å². The highest BCUT2D eigenvalue weighted by molar-refractivity contribution is 5.90. The van der Waals surface area contributed by atoms with Crippen molar-refractivity contribution in [2.75, 3.05) is 11.9 Å². The van der Waals surface area contributed by atoms with Crippen molar-refractivity contribution in [1.29, 1.82) is 0 Å². The van der Waals surface area contributed by atoms with Crippen LogP contribution in [0, 0.1) is 20.8 Å². The van der Waals surface area contributed by atoms with Crippen molar-refractivity contribution in [1.82, 2.24) is 0 Å². The third-order valence-corrected chi connectivity index (χ3v) is 4.33. The first-order chi connectivity index (χ1) is 13.5. The van der Waals surface area contributed by atoms with Crippen molar-refractivity contribution in [2.24, 2.45) is 0 Å². The quantitative estimate of drug-likeness (QED) is 0.567. The molecule has 3 aromatic rings. The van der Waals surface area contributed by atoms with Crippen LogP contribution < -0.4 is 14.8 Å². The minimum Gasteiger partial charge on any atom is -0.493 e. The van der Waals surface area contributed by atoms with Crippen LogP contribution in [-0.2, 0) is 4.79 Å². The average Bonchev–Trinajstić information content (AvgIpc) is 2.68. The third-order valence-electron chi connectivity index (χ3n) is 4.33. The predicted octanol–water partition coefficient (Wildman–Crippen LogP) is 5.81. The van der Waals surface area contributed by atoms with Crippen LogP contribution >= 0.6 is 0 Å². The second kappa shape index (κ2) is 9.09. The maximum Gasteiger partial charge on any atom is 0.227 e. The minimum atomic E-state index is -0.0856. The Morgan fingerprint density at radius 1 is 0.821 bits per heavy atom. The third kappa shape index (κ3) is 5.61. The van der Waals surface area contributed by atoms with Gasteiger partial charge in [-0.15, -0.1) is 0 Å². The first kappa shape index (κ1) is 19.5. The van der Waals surface area contributed by atoms with E-state index < -0.39 is 0 Å². The summed E-state index contributed by atoms with van der Waals surface area (Å²) in [5.41, 5.74) is 4.12. The molecule has 0 aromatic heterocycles. The van der Waals surface area contributed by atoms with Crippen LogP contribution in [0.3, 0.4) is 0 Å². The molecule has 0 spiro atoms. The molecule has 4 heteroatoms. The highest BCUT2D eigenvalue weighted by Gasteiger charge is 2.05. The molecule has 0 aliphatic rings. The highest BCUT2D eigenvalue weighted by atomic mass is 16.5. The lowest BCUT2D eigenvalue weighted by molar-refractivity contribution is -0.116. The number of carbonyl (C=O) groups is 1. The zero-order valence-corrected chi connectivity index (χ0v) is 16.5. The number of benzene rings is 3. The van der Waals surface area contributed by atoms with Crippen LogP contribution in [0.15, 0.2) is 66.7 Å². The molecule has 0 saturated carbocycles. The van der Waals surface area contributed by atoms with Crippen molar-refractivity contribution < 1.29 is 14.3 Å². The zero-order valence-electron chi connectivity index (χ0n) is 16.5. The molecule has 28 heavy (non-hydrogen) atoms. The molecule has 3 rings (SSSR count). The Bertz CT molecular complexity index is 931. The molecule has 0 atom stereocenters. The maximum absolute atomic E-state index is 12.1. The molecular weight excluding hydrogens is 350 g/mol. The molecule has 0 aliphatic carbocycles. The van der Waals surface area contributed by atoms with Gasteiger partial charge in [-0.3, -0.25) is 4.79 Å². The maximum atomic E-state index is 12.1. The fourth-order valence-corrected chi connectivity index (χ4v) is 2.69. The summed E-state index contributed by atoms with van der Waals surface area (Å²) in [6.07, 6.45) is 0.287. The summed E-state index contributed by atoms with van der Waals surface area (Å²) in [5, 5.41) is 2.88. The summed E-state index contributed by atoms with van der Waals surface area (Å²) in [4.78, 5) is 12.1. The van der Waals surface area contributed by atoms with Crippen LogP contribution in [0.5, 0.6) is 17.2 Å². The Morgan fingerprint density at radius 2 is 1.43 bits per heavy atom. The first-order valence-electron chi connectivity index (χ1n) is 9.34. The number of hydrogen-bond donors (Lipinski definition) is 1. The van der Waals surface area contributed by atoms with Crippen molar-refractivity contribution >= 4 is 11.6 Å². The molecule has 0 aliphatic heterocycles. The van der Waals surface area contributed by atoms with E-state index in [1.165, 1.54) is 5.56 Å². The lowest BCUT2D eigenvalue weighted by Gasteiger charge is -2.11. The molecule has 0 saturated heterocycles. The largest absolute Gasteiger partial charge is 0.493 e. The zero-order chi connectivity index (χ0) is 19.9. The number of nitrogens with one attached hydrogen (secondary N) is 1. The van der Waals surface area contributed by atoms with Crippen LogP contribution in [0.2, 0.25) is 0 Å². The Balaban J connectivity index is 1.47. The van der Waals surface area contributed by atoms with Gasteiger partial charge in [-0.2, -0.15) is 0 Å². The van der Waals surface area contributed by atoms with Gasteiger partial charge in [-0.05, 0) is 74.4 Å².